The molecule has 118 valence electrons. The van der Waals surface area contributed by atoms with Crippen LogP contribution >= 0.6 is 0 Å². The number of hydrogen-bond donors (Lipinski definition) is 1. The van der Waals surface area contributed by atoms with Crippen LogP contribution in [0.1, 0.15) is 33.4 Å². The van der Waals surface area contributed by atoms with Gasteiger partial charge in [-0.25, -0.2) is 9.18 Å². The molecule has 1 aromatic heterocycles. The fourth-order valence-corrected chi connectivity index (χ4v) is 2.42. The molecule has 1 aromatic rings. The predicted molar refractivity (Wildman–Crippen MR) is 73.0 cm³/mol. The second-order valence-corrected chi connectivity index (χ2v) is 5.34. The monoisotopic (exact) mass is 301 g/mol. The van der Waals surface area contributed by atoms with E-state index in [2.05, 4.69) is 4.98 Å². The van der Waals surface area contributed by atoms with E-state index in [0.717, 1.165) is 10.8 Å². The Labute approximate surface area is 121 Å². The number of aromatic nitrogens is 2. The fourth-order valence-electron chi connectivity index (χ4n) is 2.42. The molecule has 8 heteroatoms. The fraction of sp³-hybridized carbons (Fsp3) is 0.692. The highest BCUT2D eigenvalue weighted by molar-refractivity contribution is 5.26. The summed E-state index contributed by atoms with van der Waals surface area (Å²) < 4.78 is 31.6. The van der Waals surface area contributed by atoms with Gasteiger partial charge in [0.15, 0.2) is 23.7 Å². The number of hydrogen-bond acceptors (Lipinski definition) is 6. The van der Waals surface area contributed by atoms with Crippen molar-refractivity contribution in [1.29, 1.82) is 0 Å². The lowest BCUT2D eigenvalue weighted by Crippen LogP contribution is -2.39. The van der Waals surface area contributed by atoms with Crippen LogP contribution in [0.3, 0.4) is 0 Å². The minimum atomic E-state index is -0.918. The van der Waals surface area contributed by atoms with Gasteiger partial charge in [-0.15, -0.1) is 0 Å². The molecule has 2 heterocycles. The van der Waals surface area contributed by atoms with Crippen LogP contribution in [0.15, 0.2) is 11.0 Å². The summed E-state index contributed by atoms with van der Waals surface area (Å²) in [6.45, 7) is 5.35. The van der Waals surface area contributed by atoms with E-state index in [9.17, 15) is 9.18 Å². The first-order valence-electron chi connectivity index (χ1n) is 6.71. The van der Waals surface area contributed by atoms with E-state index >= 15 is 0 Å². The molecule has 0 amide bonds. The van der Waals surface area contributed by atoms with Crippen LogP contribution in [-0.4, -0.2) is 34.7 Å². The zero-order valence-electron chi connectivity index (χ0n) is 12.5. The third-order valence-corrected chi connectivity index (χ3v) is 3.39. The summed E-state index contributed by atoms with van der Waals surface area (Å²) in [4.78, 5) is 15.4. The maximum atomic E-state index is 13.6. The number of nitrogen functional groups attached to an aromatic ring is 1. The molecule has 0 aromatic carbocycles. The van der Waals surface area contributed by atoms with E-state index < -0.39 is 35.4 Å². The average molecular weight is 301 g/mol. The molecule has 2 N–H and O–H groups in total. The lowest BCUT2D eigenvalue weighted by atomic mass is 10.1. The molecule has 1 aliphatic heterocycles. The molecule has 0 saturated carbocycles. The molecular weight excluding hydrogens is 281 g/mol. The van der Waals surface area contributed by atoms with Crippen molar-refractivity contribution >= 4 is 5.82 Å². The standard InChI is InChI=1S/C13H20FN3O4/c1-5-8(19-4)9-11(21-13(2,3)20-9)17-6-7(14)10(15)16-12(17)18/h6,8-9,11H,5H2,1-4H3,(H2,15,16,18)/t8?,9-,11-/m1/s1. The summed E-state index contributed by atoms with van der Waals surface area (Å²) in [5.74, 6) is -2.14. The van der Waals surface area contributed by atoms with E-state index in [0.29, 0.717) is 6.42 Å². The van der Waals surface area contributed by atoms with Gasteiger partial charge in [0, 0.05) is 7.11 Å². The Balaban J connectivity index is 2.44. The summed E-state index contributed by atoms with van der Waals surface area (Å²) in [6, 6.07) is 0. The Kier molecular flexibility index (Phi) is 4.31. The maximum Gasteiger partial charge on any atom is 0.351 e. The smallest absolute Gasteiger partial charge is 0.351 e. The molecule has 21 heavy (non-hydrogen) atoms. The number of ether oxygens (including phenoxy) is 3. The van der Waals surface area contributed by atoms with Gasteiger partial charge in [0.2, 0.25) is 0 Å². The van der Waals surface area contributed by atoms with Crippen molar-refractivity contribution in [3.8, 4) is 0 Å². The number of rotatable bonds is 4. The predicted octanol–water partition coefficient (Wildman–Crippen LogP) is 1.04. The first-order valence-corrected chi connectivity index (χ1v) is 6.71. The van der Waals surface area contributed by atoms with Gasteiger partial charge in [0.25, 0.3) is 0 Å². The first kappa shape index (κ1) is 15.9. The van der Waals surface area contributed by atoms with Gasteiger partial charge < -0.3 is 19.9 Å². The molecule has 1 unspecified atom stereocenters. The molecule has 0 radical (unpaired) electrons. The van der Waals surface area contributed by atoms with Crippen LogP contribution < -0.4 is 11.4 Å². The van der Waals surface area contributed by atoms with E-state index in [1.807, 2.05) is 6.92 Å². The van der Waals surface area contributed by atoms with Crippen molar-refractivity contribution in [2.45, 2.75) is 51.4 Å². The Morgan fingerprint density at radius 1 is 1.57 bits per heavy atom. The number of methoxy groups -OCH3 is 1. The van der Waals surface area contributed by atoms with Gasteiger partial charge in [0.05, 0.1) is 12.3 Å². The summed E-state index contributed by atoms with van der Waals surface area (Å²) in [7, 11) is 1.55. The SMILES string of the molecule is CCC(OC)[C@H]1OC(C)(C)O[C@H]1n1cc(F)c(N)nc1=O. The zero-order chi connectivity index (χ0) is 15.8. The topological polar surface area (TPSA) is 88.6 Å². The van der Waals surface area contributed by atoms with Crippen LogP contribution in [0, 0.1) is 5.82 Å². The minimum absolute atomic E-state index is 0.302. The summed E-state index contributed by atoms with van der Waals surface area (Å²) in [6.07, 6.45) is -0.0616. The molecule has 7 nitrogen and oxygen atoms in total. The Bertz CT molecular complexity index is 571. The van der Waals surface area contributed by atoms with Crippen LogP contribution in [0.2, 0.25) is 0 Å². The van der Waals surface area contributed by atoms with Crippen molar-refractivity contribution in [3.63, 3.8) is 0 Å². The summed E-state index contributed by atoms with van der Waals surface area (Å²) in [5.41, 5.74) is 4.59. The number of halogens is 1. The molecule has 1 aliphatic rings. The van der Waals surface area contributed by atoms with Crippen LogP contribution in [0.25, 0.3) is 0 Å². The normalized spacial score (nSPS) is 26.0. The van der Waals surface area contributed by atoms with Gasteiger partial charge in [-0.05, 0) is 20.3 Å². The Morgan fingerprint density at radius 2 is 2.24 bits per heavy atom. The lowest BCUT2D eigenvalue weighted by Gasteiger charge is -2.25. The molecule has 0 spiro atoms. The average Bonchev–Trinajstić information content (AvgIpc) is 2.71. The minimum Gasteiger partial charge on any atom is -0.381 e. The Morgan fingerprint density at radius 3 is 2.81 bits per heavy atom. The van der Waals surface area contributed by atoms with Crippen LogP contribution in [0.5, 0.6) is 0 Å². The number of nitrogens with zero attached hydrogens (tertiary/aromatic N) is 2. The quantitative estimate of drug-likeness (QED) is 0.894. The van der Waals surface area contributed by atoms with Gasteiger partial charge in [-0.1, -0.05) is 6.92 Å². The van der Waals surface area contributed by atoms with Gasteiger partial charge in [-0.2, -0.15) is 4.98 Å². The zero-order valence-corrected chi connectivity index (χ0v) is 12.5. The van der Waals surface area contributed by atoms with E-state index in [1.165, 1.54) is 0 Å². The van der Waals surface area contributed by atoms with Crippen molar-refractivity contribution in [3.05, 3.63) is 22.5 Å². The highest BCUT2D eigenvalue weighted by atomic mass is 19.1. The second-order valence-electron chi connectivity index (χ2n) is 5.34. The van der Waals surface area contributed by atoms with Crippen molar-refractivity contribution < 1.29 is 18.6 Å². The lowest BCUT2D eigenvalue weighted by molar-refractivity contribution is -0.161. The highest BCUT2D eigenvalue weighted by Gasteiger charge is 2.46. The van der Waals surface area contributed by atoms with Gasteiger partial charge in [0.1, 0.15) is 6.10 Å². The molecular formula is C13H20FN3O4. The molecule has 2 rings (SSSR count). The first-order chi connectivity index (χ1) is 9.79. The summed E-state index contributed by atoms with van der Waals surface area (Å²) in [5, 5.41) is 0. The summed E-state index contributed by atoms with van der Waals surface area (Å²) >= 11 is 0. The van der Waals surface area contributed by atoms with Crippen LogP contribution in [-0.2, 0) is 14.2 Å². The second kappa shape index (κ2) is 5.70. The van der Waals surface area contributed by atoms with Crippen molar-refractivity contribution in [2.24, 2.45) is 0 Å². The van der Waals surface area contributed by atoms with Gasteiger partial charge in [-0.3, -0.25) is 4.57 Å². The van der Waals surface area contributed by atoms with Crippen molar-refractivity contribution in [2.75, 3.05) is 12.8 Å². The Hall–Kier alpha value is -1.51. The largest absolute Gasteiger partial charge is 0.381 e. The molecule has 0 aliphatic carbocycles. The third kappa shape index (κ3) is 3.07. The molecule has 0 bridgehead atoms. The number of anilines is 1. The maximum absolute atomic E-state index is 13.6. The molecule has 1 fully saturated rings. The van der Waals surface area contributed by atoms with Crippen LogP contribution in [0.4, 0.5) is 10.2 Å². The third-order valence-electron chi connectivity index (χ3n) is 3.39. The number of nitrogens with two attached hydrogens (primary N) is 1. The van der Waals surface area contributed by atoms with E-state index in [4.69, 9.17) is 19.9 Å². The highest BCUT2D eigenvalue weighted by Crippen LogP contribution is 2.37. The molecule has 3 atom stereocenters. The van der Waals surface area contributed by atoms with E-state index in [-0.39, 0.29) is 6.10 Å². The molecule has 1 saturated heterocycles. The van der Waals surface area contributed by atoms with Gasteiger partial charge >= 0.3 is 5.69 Å². The van der Waals surface area contributed by atoms with E-state index in [1.54, 1.807) is 21.0 Å². The van der Waals surface area contributed by atoms with Crippen molar-refractivity contribution in [1.82, 2.24) is 9.55 Å².